The highest BCUT2D eigenvalue weighted by Crippen LogP contribution is 2.45. The summed E-state index contributed by atoms with van der Waals surface area (Å²) in [7, 11) is 0. The van der Waals surface area contributed by atoms with E-state index in [1.165, 1.54) is 11.6 Å². The Bertz CT molecular complexity index is 1550. The van der Waals surface area contributed by atoms with Crippen molar-refractivity contribution in [3.63, 3.8) is 0 Å². The van der Waals surface area contributed by atoms with Gasteiger partial charge in [-0.2, -0.15) is 0 Å². The summed E-state index contributed by atoms with van der Waals surface area (Å²) >= 11 is 0. The number of likely N-dealkylation sites (tertiary alicyclic amines) is 1. The van der Waals surface area contributed by atoms with Crippen molar-refractivity contribution < 1.29 is 23.0 Å². The summed E-state index contributed by atoms with van der Waals surface area (Å²) in [5.41, 5.74) is 2.63. The number of benzene rings is 1. The number of nitrogens with one attached hydrogen (secondary N) is 1. The van der Waals surface area contributed by atoms with Crippen molar-refractivity contribution >= 4 is 23.5 Å². The molecule has 3 aromatic rings. The van der Waals surface area contributed by atoms with E-state index in [1.807, 2.05) is 45.6 Å². The standard InChI is InChI=1S/C33H40F2N6O3/c1-19(2)41-14-15-43-30-24(34)16-22(17-26(30)41)29-25(35)18-36-31(39-29)38-27-9-8-23(28(37-27)21-6-7-21)20-10-12-40(13-11-20)32(42)44-33(3,4)5/h8-9,16-21H,6-7,10-15H2,1-5H3,(H,36,37,38,39). The Labute approximate surface area is 257 Å². The molecule has 44 heavy (non-hydrogen) atoms. The molecule has 2 aliphatic heterocycles. The number of nitrogens with zero attached hydrogens (tertiary/aromatic N) is 5. The predicted octanol–water partition coefficient (Wildman–Crippen LogP) is 7.16. The second-order valence-corrected chi connectivity index (χ2v) is 13.1. The molecular formula is C33H40F2N6O3. The lowest BCUT2D eigenvalue weighted by Crippen LogP contribution is -2.41. The quantitative estimate of drug-likeness (QED) is 0.316. The average molecular weight is 607 g/mol. The van der Waals surface area contributed by atoms with Crippen LogP contribution in [-0.2, 0) is 4.74 Å². The summed E-state index contributed by atoms with van der Waals surface area (Å²) in [6.45, 7) is 12.0. The first-order valence-electron chi connectivity index (χ1n) is 15.5. The van der Waals surface area contributed by atoms with Gasteiger partial charge >= 0.3 is 6.09 Å². The predicted molar refractivity (Wildman–Crippen MR) is 165 cm³/mol. The largest absolute Gasteiger partial charge is 0.486 e. The summed E-state index contributed by atoms with van der Waals surface area (Å²) in [6, 6.07) is 7.08. The molecule has 0 radical (unpaired) electrons. The van der Waals surface area contributed by atoms with E-state index in [0.29, 0.717) is 55.1 Å². The van der Waals surface area contributed by atoms with Crippen molar-refractivity contribution in [3.05, 3.63) is 53.4 Å². The number of halogens is 2. The molecule has 0 spiro atoms. The number of hydrogen-bond donors (Lipinski definition) is 1. The molecule has 1 amide bonds. The molecule has 0 atom stereocenters. The van der Waals surface area contributed by atoms with E-state index >= 15 is 8.78 Å². The van der Waals surface area contributed by atoms with Crippen molar-refractivity contribution in [1.82, 2.24) is 19.9 Å². The first-order valence-corrected chi connectivity index (χ1v) is 15.5. The third kappa shape index (κ3) is 6.42. The van der Waals surface area contributed by atoms with Gasteiger partial charge in [-0.3, -0.25) is 0 Å². The zero-order valence-corrected chi connectivity index (χ0v) is 26.0. The van der Waals surface area contributed by atoms with Crippen LogP contribution in [0.2, 0.25) is 0 Å². The minimum Gasteiger partial charge on any atom is -0.486 e. The van der Waals surface area contributed by atoms with Crippen molar-refractivity contribution in [2.45, 2.75) is 83.8 Å². The highest BCUT2D eigenvalue weighted by molar-refractivity contribution is 5.73. The maximum atomic E-state index is 15.1. The number of aromatic nitrogens is 3. The molecular weight excluding hydrogens is 566 g/mol. The Balaban J connectivity index is 1.21. The zero-order valence-electron chi connectivity index (χ0n) is 26.0. The first-order chi connectivity index (χ1) is 21.0. The molecule has 4 heterocycles. The van der Waals surface area contributed by atoms with Crippen molar-refractivity contribution in [2.24, 2.45) is 0 Å². The Morgan fingerprint density at radius 2 is 1.77 bits per heavy atom. The van der Waals surface area contributed by atoms with Gasteiger partial charge in [0.1, 0.15) is 23.7 Å². The van der Waals surface area contributed by atoms with E-state index < -0.39 is 17.2 Å². The molecule has 1 N–H and O–H groups in total. The van der Waals surface area contributed by atoms with Gasteiger partial charge in [0.15, 0.2) is 17.4 Å². The van der Waals surface area contributed by atoms with E-state index in [1.54, 1.807) is 11.0 Å². The van der Waals surface area contributed by atoms with Crippen LogP contribution in [0.3, 0.4) is 0 Å². The number of anilines is 3. The highest BCUT2D eigenvalue weighted by Gasteiger charge is 2.33. The summed E-state index contributed by atoms with van der Waals surface area (Å²) in [5, 5.41) is 3.14. The van der Waals surface area contributed by atoms with Crippen LogP contribution in [-0.4, -0.2) is 63.8 Å². The summed E-state index contributed by atoms with van der Waals surface area (Å²) < 4.78 is 41.3. The topological polar surface area (TPSA) is 92.7 Å². The molecule has 1 aliphatic carbocycles. The van der Waals surface area contributed by atoms with Gasteiger partial charge in [-0.15, -0.1) is 0 Å². The van der Waals surface area contributed by atoms with Crippen LogP contribution in [0.25, 0.3) is 11.3 Å². The zero-order chi connectivity index (χ0) is 31.2. The van der Waals surface area contributed by atoms with Gasteiger partial charge in [0.25, 0.3) is 0 Å². The number of amides is 1. The molecule has 2 fully saturated rings. The molecule has 0 bridgehead atoms. The van der Waals surface area contributed by atoms with E-state index in [9.17, 15) is 4.79 Å². The molecule has 234 valence electrons. The molecule has 1 saturated carbocycles. The number of ether oxygens (including phenoxy) is 2. The summed E-state index contributed by atoms with van der Waals surface area (Å²) in [5.74, 6) is 0.396. The average Bonchev–Trinajstić information content (AvgIpc) is 3.83. The van der Waals surface area contributed by atoms with Crippen LogP contribution in [0.15, 0.2) is 30.5 Å². The Morgan fingerprint density at radius 1 is 1.02 bits per heavy atom. The Hall–Kier alpha value is -4.02. The number of piperidine rings is 1. The summed E-state index contributed by atoms with van der Waals surface area (Å²) in [4.78, 5) is 29.9. The minimum atomic E-state index is -0.651. The van der Waals surface area contributed by atoms with Crippen LogP contribution in [0.5, 0.6) is 5.75 Å². The second kappa shape index (κ2) is 11.8. The van der Waals surface area contributed by atoms with Gasteiger partial charge in [0, 0.05) is 36.3 Å². The molecule has 2 aromatic heterocycles. The van der Waals surface area contributed by atoms with Crippen LogP contribution < -0.4 is 15.0 Å². The van der Waals surface area contributed by atoms with Gasteiger partial charge in [0.05, 0.1) is 18.4 Å². The maximum absolute atomic E-state index is 15.1. The third-order valence-electron chi connectivity index (χ3n) is 8.30. The number of hydrogen-bond acceptors (Lipinski definition) is 8. The fraction of sp³-hybridized carbons (Fsp3) is 0.515. The molecule has 11 heteroatoms. The van der Waals surface area contributed by atoms with E-state index in [4.69, 9.17) is 14.5 Å². The molecule has 1 saturated heterocycles. The van der Waals surface area contributed by atoms with Gasteiger partial charge in [0.2, 0.25) is 5.95 Å². The normalized spacial score (nSPS) is 17.4. The van der Waals surface area contributed by atoms with Crippen molar-refractivity contribution in [3.8, 4) is 17.0 Å². The Kier molecular flexibility index (Phi) is 8.06. The van der Waals surface area contributed by atoms with Gasteiger partial charge in [-0.1, -0.05) is 6.07 Å². The third-order valence-corrected chi connectivity index (χ3v) is 8.30. The minimum absolute atomic E-state index is 0.00531. The molecule has 1 aromatic carbocycles. The molecule has 9 nitrogen and oxygen atoms in total. The van der Waals surface area contributed by atoms with Crippen LogP contribution in [0, 0.1) is 11.6 Å². The first kappa shape index (κ1) is 30.0. The van der Waals surface area contributed by atoms with Gasteiger partial charge in [-0.05, 0) is 90.0 Å². The number of rotatable bonds is 6. The van der Waals surface area contributed by atoms with E-state index in [2.05, 4.69) is 21.4 Å². The Morgan fingerprint density at radius 3 is 2.45 bits per heavy atom. The number of carbonyl (C=O) groups is 1. The number of carbonyl (C=O) groups excluding carboxylic acids is 1. The molecule has 6 rings (SSSR count). The molecule has 0 unspecified atom stereocenters. The summed E-state index contributed by atoms with van der Waals surface area (Å²) in [6.07, 6.45) is 4.67. The van der Waals surface area contributed by atoms with Gasteiger partial charge in [-0.25, -0.2) is 28.5 Å². The number of pyridine rings is 1. The fourth-order valence-electron chi connectivity index (χ4n) is 6.00. The number of fused-ring (bicyclic) bond motifs is 1. The SMILES string of the molecule is CC(C)N1CCOc2c(F)cc(-c3nc(Nc4ccc(C5CCN(C(=O)OC(C)(C)C)CC5)c(C5CC5)n4)ncc3F)cc21. The van der Waals surface area contributed by atoms with Crippen LogP contribution in [0.1, 0.15) is 83.4 Å². The fourth-order valence-corrected chi connectivity index (χ4v) is 6.00. The lowest BCUT2D eigenvalue weighted by Gasteiger charge is -2.34. The monoisotopic (exact) mass is 606 g/mol. The highest BCUT2D eigenvalue weighted by atomic mass is 19.1. The van der Waals surface area contributed by atoms with Crippen molar-refractivity contribution in [2.75, 3.05) is 36.5 Å². The lowest BCUT2D eigenvalue weighted by molar-refractivity contribution is 0.0204. The van der Waals surface area contributed by atoms with E-state index in [-0.39, 0.29) is 29.5 Å². The van der Waals surface area contributed by atoms with Crippen molar-refractivity contribution in [1.29, 1.82) is 0 Å². The van der Waals surface area contributed by atoms with Crippen LogP contribution in [0.4, 0.5) is 31.0 Å². The second-order valence-electron chi connectivity index (χ2n) is 13.1. The maximum Gasteiger partial charge on any atom is 0.410 e. The smallest absolute Gasteiger partial charge is 0.410 e. The lowest BCUT2D eigenvalue weighted by atomic mass is 9.87. The van der Waals surface area contributed by atoms with E-state index in [0.717, 1.165) is 37.6 Å². The molecule has 3 aliphatic rings. The van der Waals surface area contributed by atoms with Gasteiger partial charge < -0.3 is 24.6 Å². The van der Waals surface area contributed by atoms with Crippen LogP contribution >= 0.6 is 0 Å².